The average Bonchev–Trinajstić information content (AvgIpc) is 2.49. The monoisotopic (exact) mass is 326 g/mol. The van der Waals surface area contributed by atoms with E-state index in [0.29, 0.717) is 6.42 Å². The van der Waals surface area contributed by atoms with Gasteiger partial charge in [0.2, 0.25) is 0 Å². The molecular formula is C18H30O5. The van der Waals surface area contributed by atoms with E-state index in [9.17, 15) is 15.0 Å². The summed E-state index contributed by atoms with van der Waals surface area (Å²) in [6, 6.07) is 0. The zero-order valence-electron chi connectivity index (χ0n) is 14.8. The van der Waals surface area contributed by atoms with Crippen molar-refractivity contribution in [2.45, 2.75) is 70.9 Å². The van der Waals surface area contributed by atoms with Gasteiger partial charge in [-0.15, -0.1) is 0 Å². The van der Waals surface area contributed by atoms with Crippen molar-refractivity contribution in [2.75, 3.05) is 7.11 Å². The molecule has 23 heavy (non-hydrogen) atoms. The average molecular weight is 326 g/mol. The van der Waals surface area contributed by atoms with Gasteiger partial charge in [0.25, 0.3) is 0 Å². The molecule has 5 atom stereocenters. The second-order valence-electron chi connectivity index (χ2n) is 6.68. The van der Waals surface area contributed by atoms with Gasteiger partial charge in [-0.1, -0.05) is 25.2 Å². The molecule has 0 radical (unpaired) electrons. The molecular weight excluding hydrogens is 296 g/mol. The van der Waals surface area contributed by atoms with Crippen molar-refractivity contribution in [1.29, 1.82) is 0 Å². The zero-order chi connectivity index (χ0) is 17.6. The standard InChI is InChI=1S/C18H30O5/c1-12-6-7-15(19)13(2)14(3)23-17(20)9-11-18(4,21)10-8-16(12)22-5/h6,8,10,13-16,19,21H,7,9,11H2,1-5H3/b10-8+,12-6+/t13-,14-,15+,16+,18-/m1/s1. The van der Waals surface area contributed by atoms with Gasteiger partial charge in [-0.3, -0.25) is 4.79 Å². The van der Waals surface area contributed by atoms with Crippen LogP contribution in [-0.4, -0.2) is 47.2 Å². The Balaban J connectivity index is 3.03. The molecule has 5 heteroatoms. The Kier molecular flexibility index (Phi) is 7.45. The van der Waals surface area contributed by atoms with Crippen LogP contribution in [0.2, 0.25) is 0 Å². The molecule has 0 saturated heterocycles. The summed E-state index contributed by atoms with van der Waals surface area (Å²) < 4.78 is 10.8. The molecule has 0 aromatic carbocycles. The summed E-state index contributed by atoms with van der Waals surface area (Å²) in [5.74, 6) is -0.541. The minimum absolute atomic E-state index is 0.122. The molecule has 2 N–H and O–H groups in total. The molecule has 1 rings (SSSR count). The van der Waals surface area contributed by atoms with E-state index in [1.807, 2.05) is 19.9 Å². The molecule has 0 unspecified atom stereocenters. The van der Waals surface area contributed by atoms with E-state index in [2.05, 4.69) is 0 Å². The molecule has 0 bridgehead atoms. The van der Waals surface area contributed by atoms with Gasteiger partial charge in [0.15, 0.2) is 0 Å². The van der Waals surface area contributed by atoms with Crippen molar-refractivity contribution in [1.82, 2.24) is 0 Å². The first-order chi connectivity index (χ1) is 10.7. The summed E-state index contributed by atoms with van der Waals surface area (Å²) in [5, 5.41) is 20.6. The van der Waals surface area contributed by atoms with Crippen molar-refractivity contribution >= 4 is 5.97 Å². The molecule has 0 fully saturated rings. The van der Waals surface area contributed by atoms with Gasteiger partial charge in [0.1, 0.15) is 6.10 Å². The molecule has 0 aromatic rings. The smallest absolute Gasteiger partial charge is 0.306 e. The van der Waals surface area contributed by atoms with Crippen LogP contribution in [0.3, 0.4) is 0 Å². The molecule has 1 aliphatic heterocycles. The first-order valence-electron chi connectivity index (χ1n) is 8.15. The molecule has 0 spiro atoms. The fourth-order valence-electron chi connectivity index (χ4n) is 2.47. The van der Waals surface area contributed by atoms with Crippen molar-refractivity contribution in [3.8, 4) is 0 Å². The summed E-state index contributed by atoms with van der Waals surface area (Å²) >= 11 is 0. The van der Waals surface area contributed by atoms with E-state index in [1.54, 1.807) is 33.1 Å². The molecule has 5 nitrogen and oxygen atoms in total. The molecule has 0 aromatic heterocycles. The second-order valence-corrected chi connectivity index (χ2v) is 6.68. The van der Waals surface area contributed by atoms with E-state index >= 15 is 0 Å². The lowest BCUT2D eigenvalue weighted by atomic mass is 9.94. The van der Waals surface area contributed by atoms with Gasteiger partial charge >= 0.3 is 5.97 Å². The lowest BCUT2D eigenvalue weighted by Crippen LogP contribution is -2.32. The topological polar surface area (TPSA) is 76.0 Å². The lowest BCUT2D eigenvalue weighted by molar-refractivity contribution is -0.153. The highest BCUT2D eigenvalue weighted by Crippen LogP contribution is 2.21. The Bertz CT molecular complexity index is 452. The number of carbonyl (C=O) groups is 1. The molecule has 1 aliphatic rings. The highest BCUT2D eigenvalue weighted by Gasteiger charge is 2.26. The number of carbonyl (C=O) groups excluding carboxylic acids is 1. The van der Waals surface area contributed by atoms with Crippen molar-refractivity contribution in [3.63, 3.8) is 0 Å². The third-order valence-electron chi connectivity index (χ3n) is 4.51. The van der Waals surface area contributed by atoms with Crippen LogP contribution < -0.4 is 0 Å². The maximum Gasteiger partial charge on any atom is 0.306 e. The number of ether oxygens (including phenoxy) is 2. The predicted octanol–water partition coefficient (Wildman–Crippen LogP) is 2.37. The van der Waals surface area contributed by atoms with Gasteiger partial charge in [-0.25, -0.2) is 0 Å². The van der Waals surface area contributed by atoms with Crippen LogP contribution in [0.5, 0.6) is 0 Å². The Morgan fingerprint density at radius 1 is 1.39 bits per heavy atom. The maximum absolute atomic E-state index is 11.9. The van der Waals surface area contributed by atoms with Gasteiger partial charge < -0.3 is 19.7 Å². The SMILES string of the molecule is CO[C@H]1/C=C/[C@@](C)(O)CCC(=O)O[C@H](C)[C@@H](C)[C@@H](O)C/C=C/1C. The van der Waals surface area contributed by atoms with E-state index in [4.69, 9.17) is 9.47 Å². The van der Waals surface area contributed by atoms with Crippen LogP contribution in [0, 0.1) is 5.92 Å². The third-order valence-corrected chi connectivity index (χ3v) is 4.51. The van der Waals surface area contributed by atoms with Gasteiger partial charge in [0, 0.05) is 19.4 Å². The molecule has 0 amide bonds. The fraction of sp³-hybridized carbons (Fsp3) is 0.722. The Labute approximate surface area is 139 Å². The van der Waals surface area contributed by atoms with Gasteiger partial charge in [0.05, 0.1) is 17.8 Å². The largest absolute Gasteiger partial charge is 0.462 e. The quantitative estimate of drug-likeness (QED) is 0.571. The van der Waals surface area contributed by atoms with Crippen LogP contribution in [0.1, 0.15) is 47.0 Å². The summed E-state index contributed by atoms with van der Waals surface area (Å²) in [5.41, 5.74) is -0.137. The summed E-state index contributed by atoms with van der Waals surface area (Å²) in [7, 11) is 1.60. The lowest BCUT2D eigenvalue weighted by Gasteiger charge is -2.26. The molecule has 1 heterocycles. The summed E-state index contributed by atoms with van der Waals surface area (Å²) in [4.78, 5) is 11.9. The maximum atomic E-state index is 11.9. The molecule has 0 saturated carbocycles. The number of methoxy groups -OCH3 is 1. The van der Waals surface area contributed by atoms with Crippen LogP contribution in [0.25, 0.3) is 0 Å². The van der Waals surface area contributed by atoms with E-state index < -0.39 is 11.7 Å². The van der Waals surface area contributed by atoms with E-state index in [-0.39, 0.29) is 36.9 Å². The zero-order valence-corrected chi connectivity index (χ0v) is 14.8. The third kappa shape index (κ3) is 6.45. The normalized spacial score (nSPS) is 41.3. The molecule has 0 aliphatic carbocycles. The number of hydrogen-bond acceptors (Lipinski definition) is 5. The number of aliphatic hydroxyl groups is 2. The van der Waals surface area contributed by atoms with Crippen LogP contribution in [-0.2, 0) is 14.3 Å². The number of aliphatic hydroxyl groups excluding tert-OH is 1. The molecule has 132 valence electrons. The van der Waals surface area contributed by atoms with Crippen LogP contribution >= 0.6 is 0 Å². The van der Waals surface area contributed by atoms with Gasteiger partial charge in [-0.2, -0.15) is 0 Å². The first kappa shape index (κ1) is 19.9. The highest BCUT2D eigenvalue weighted by atomic mass is 16.5. The summed E-state index contributed by atoms with van der Waals surface area (Å²) in [6.07, 6.45) is 4.96. The van der Waals surface area contributed by atoms with Crippen molar-refractivity contribution in [3.05, 3.63) is 23.8 Å². The van der Waals surface area contributed by atoms with E-state index in [0.717, 1.165) is 5.57 Å². The first-order valence-corrected chi connectivity index (χ1v) is 8.15. The number of rotatable bonds is 1. The Morgan fingerprint density at radius 3 is 2.65 bits per heavy atom. The Hall–Kier alpha value is -1.17. The minimum atomic E-state index is -1.10. The fourth-order valence-corrected chi connectivity index (χ4v) is 2.47. The van der Waals surface area contributed by atoms with Crippen molar-refractivity contribution in [2.24, 2.45) is 5.92 Å². The second kappa shape index (κ2) is 8.62. The number of cyclic esters (lactones) is 1. The van der Waals surface area contributed by atoms with Crippen LogP contribution in [0.15, 0.2) is 23.8 Å². The number of hydrogen-bond donors (Lipinski definition) is 2. The van der Waals surface area contributed by atoms with Crippen LogP contribution in [0.4, 0.5) is 0 Å². The predicted molar refractivity (Wildman–Crippen MR) is 88.9 cm³/mol. The van der Waals surface area contributed by atoms with Crippen molar-refractivity contribution < 1.29 is 24.5 Å². The van der Waals surface area contributed by atoms with E-state index in [1.165, 1.54) is 0 Å². The Morgan fingerprint density at radius 2 is 2.04 bits per heavy atom. The van der Waals surface area contributed by atoms with Gasteiger partial charge in [-0.05, 0) is 39.2 Å². The summed E-state index contributed by atoms with van der Waals surface area (Å²) in [6.45, 7) is 7.23. The number of esters is 1. The highest BCUT2D eigenvalue weighted by molar-refractivity contribution is 5.69. The minimum Gasteiger partial charge on any atom is -0.462 e.